The number of hydrogen-bond donors (Lipinski definition) is 3. The molecule has 0 radical (unpaired) electrons. The highest BCUT2D eigenvalue weighted by molar-refractivity contribution is 5.87. The fraction of sp³-hybridized carbons (Fsp3) is 0.667. The number of cyclic esters (lactones) is 3. The van der Waals surface area contributed by atoms with Crippen LogP contribution in [0.2, 0.25) is 0 Å². The van der Waals surface area contributed by atoms with E-state index in [1.165, 1.54) is 0 Å². The molecular weight excluding hydrogens is 252 g/mol. The number of rotatable bonds is 3. The summed E-state index contributed by atoms with van der Waals surface area (Å²) in [4.78, 5) is 34.1. The molecular formula is C9H12O9. The molecule has 0 aromatic heterocycles. The van der Waals surface area contributed by atoms with Crippen molar-refractivity contribution in [2.24, 2.45) is 0 Å². The fourth-order valence-electron chi connectivity index (χ4n) is 1.13. The number of ether oxygens (including phenoxy) is 3. The van der Waals surface area contributed by atoms with Crippen molar-refractivity contribution in [1.29, 1.82) is 0 Å². The molecule has 3 N–H and O–H groups in total. The normalized spacial score (nSPS) is 29.5. The minimum absolute atomic E-state index is 0.866. The summed E-state index contributed by atoms with van der Waals surface area (Å²) in [7, 11) is 0. The van der Waals surface area contributed by atoms with Crippen LogP contribution in [-0.2, 0) is 28.6 Å². The Hall–Kier alpha value is -1.71. The van der Waals surface area contributed by atoms with E-state index in [0.717, 1.165) is 0 Å². The molecule has 1 aliphatic heterocycles. The van der Waals surface area contributed by atoms with Crippen molar-refractivity contribution in [3.8, 4) is 0 Å². The van der Waals surface area contributed by atoms with E-state index in [4.69, 9.17) is 15.3 Å². The first kappa shape index (κ1) is 14.4. The Kier molecular flexibility index (Phi) is 5.01. The Morgan fingerprint density at radius 2 is 0.889 bits per heavy atom. The van der Waals surface area contributed by atoms with Gasteiger partial charge < -0.3 is 29.5 Å². The van der Waals surface area contributed by atoms with E-state index in [-0.39, 0.29) is 0 Å². The lowest BCUT2D eigenvalue weighted by Gasteiger charge is -2.14. The van der Waals surface area contributed by atoms with E-state index in [1.807, 2.05) is 0 Å². The van der Waals surface area contributed by atoms with Crippen LogP contribution in [0, 0.1) is 0 Å². The Bertz CT molecular complexity index is 287. The van der Waals surface area contributed by atoms with Gasteiger partial charge in [0.05, 0.1) is 19.8 Å². The second-order valence-corrected chi connectivity index (χ2v) is 3.32. The summed E-state index contributed by atoms with van der Waals surface area (Å²) in [6, 6.07) is 0. The number of hydrogen-bond acceptors (Lipinski definition) is 9. The van der Waals surface area contributed by atoms with Crippen molar-refractivity contribution in [2.45, 2.75) is 18.3 Å². The fourth-order valence-corrected chi connectivity index (χ4v) is 1.13. The lowest BCUT2D eigenvalue weighted by molar-refractivity contribution is -0.175. The van der Waals surface area contributed by atoms with Crippen molar-refractivity contribution in [1.82, 2.24) is 0 Å². The number of carbonyl (C=O) groups is 3. The topological polar surface area (TPSA) is 140 Å². The second kappa shape index (κ2) is 6.28. The zero-order valence-corrected chi connectivity index (χ0v) is 9.14. The van der Waals surface area contributed by atoms with Crippen LogP contribution in [0.3, 0.4) is 0 Å². The van der Waals surface area contributed by atoms with Gasteiger partial charge in [-0.3, -0.25) is 0 Å². The van der Waals surface area contributed by atoms with Crippen LogP contribution in [0.4, 0.5) is 0 Å². The van der Waals surface area contributed by atoms with Gasteiger partial charge in [-0.05, 0) is 0 Å². The molecule has 0 unspecified atom stereocenters. The lowest BCUT2D eigenvalue weighted by atomic mass is 10.3. The van der Waals surface area contributed by atoms with Crippen molar-refractivity contribution in [2.75, 3.05) is 19.8 Å². The lowest BCUT2D eigenvalue weighted by Crippen LogP contribution is -2.37. The smallest absolute Gasteiger partial charge is 0.350 e. The highest BCUT2D eigenvalue weighted by Crippen LogP contribution is 2.09. The van der Waals surface area contributed by atoms with E-state index < -0.39 is 56.0 Å². The molecule has 0 aromatic carbocycles. The van der Waals surface area contributed by atoms with Gasteiger partial charge >= 0.3 is 17.9 Å². The van der Waals surface area contributed by atoms with E-state index in [0.29, 0.717) is 0 Å². The summed E-state index contributed by atoms with van der Waals surface area (Å²) < 4.78 is 13.5. The zero-order valence-electron chi connectivity index (χ0n) is 9.14. The third-order valence-corrected chi connectivity index (χ3v) is 2.06. The van der Waals surface area contributed by atoms with Crippen LogP contribution in [-0.4, -0.2) is 71.4 Å². The first-order chi connectivity index (χ1) is 8.53. The molecule has 9 nitrogen and oxygen atoms in total. The van der Waals surface area contributed by atoms with Crippen LogP contribution in [0.25, 0.3) is 0 Å². The maximum absolute atomic E-state index is 11.4. The maximum atomic E-state index is 11.4. The molecule has 0 spiro atoms. The van der Waals surface area contributed by atoms with Gasteiger partial charge in [-0.2, -0.15) is 0 Å². The van der Waals surface area contributed by atoms with Crippen LogP contribution in [0.5, 0.6) is 0 Å². The quantitative estimate of drug-likeness (QED) is 0.353. The molecule has 0 aliphatic carbocycles. The SMILES string of the molecule is O=C1O[C@@H](CO)C(=O)O[C@@H](CO)C(=O)O[C@H]1CO. The molecule has 0 bridgehead atoms. The molecule has 1 heterocycles. The summed E-state index contributed by atoms with van der Waals surface area (Å²) >= 11 is 0. The Morgan fingerprint density at radius 1 is 0.667 bits per heavy atom. The maximum Gasteiger partial charge on any atom is 0.350 e. The van der Waals surface area contributed by atoms with Gasteiger partial charge in [-0.15, -0.1) is 0 Å². The third kappa shape index (κ3) is 3.15. The Labute approximate surface area is 101 Å². The van der Waals surface area contributed by atoms with Gasteiger partial charge in [-0.1, -0.05) is 0 Å². The highest BCUT2D eigenvalue weighted by Gasteiger charge is 2.37. The van der Waals surface area contributed by atoms with Crippen LogP contribution >= 0.6 is 0 Å². The van der Waals surface area contributed by atoms with E-state index in [1.54, 1.807) is 0 Å². The molecule has 0 saturated carbocycles. The minimum atomic E-state index is -1.64. The molecule has 1 aliphatic rings. The van der Waals surface area contributed by atoms with Gasteiger partial charge in [0.2, 0.25) is 18.3 Å². The summed E-state index contributed by atoms with van der Waals surface area (Å²) in [5.41, 5.74) is 0. The minimum Gasteiger partial charge on any atom is -0.445 e. The monoisotopic (exact) mass is 264 g/mol. The van der Waals surface area contributed by atoms with Crippen LogP contribution in [0.15, 0.2) is 0 Å². The van der Waals surface area contributed by atoms with E-state index in [9.17, 15) is 14.4 Å². The van der Waals surface area contributed by atoms with Crippen molar-refractivity contribution < 1.29 is 43.9 Å². The van der Waals surface area contributed by atoms with E-state index >= 15 is 0 Å². The predicted molar refractivity (Wildman–Crippen MR) is 50.9 cm³/mol. The Morgan fingerprint density at radius 3 is 1.06 bits per heavy atom. The van der Waals surface area contributed by atoms with Crippen LogP contribution < -0.4 is 0 Å². The van der Waals surface area contributed by atoms with Gasteiger partial charge in [0.15, 0.2) is 0 Å². The first-order valence-corrected chi connectivity index (χ1v) is 4.97. The van der Waals surface area contributed by atoms with Crippen LogP contribution in [0.1, 0.15) is 0 Å². The number of esters is 3. The molecule has 18 heavy (non-hydrogen) atoms. The van der Waals surface area contributed by atoms with Crippen molar-refractivity contribution in [3.05, 3.63) is 0 Å². The largest absolute Gasteiger partial charge is 0.445 e. The molecule has 1 rings (SSSR count). The Balaban J connectivity index is 2.96. The summed E-state index contributed by atoms with van der Waals surface area (Å²) in [6.07, 6.45) is -4.93. The molecule has 0 amide bonds. The van der Waals surface area contributed by atoms with Crippen molar-refractivity contribution in [3.63, 3.8) is 0 Å². The number of aliphatic hydroxyl groups is 3. The molecule has 0 aromatic rings. The summed E-state index contributed by atoms with van der Waals surface area (Å²) in [5.74, 6) is -3.58. The van der Waals surface area contributed by atoms with Gasteiger partial charge in [-0.25, -0.2) is 14.4 Å². The van der Waals surface area contributed by atoms with Gasteiger partial charge in [0, 0.05) is 0 Å². The highest BCUT2D eigenvalue weighted by atomic mass is 16.7. The first-order valence-electron chi connectivity index (χ1n) is 4.97. The van der Waals surface area contributed by atoms with E-state index in [2.05, 4.69) is 14.2 Å². The molecule has 102 valence electrons. The third-order valence-electron chi connectivity index (χ3n) is 2.06. The molecule has 1 saturated heterocycles. The average Bonchev–Trinajstić information content (AvgIpc) is 2.41. The summed E-state index contributed by atoms with van der Waals surface area (Å²) in [6.45, 7) is -2.60. The molecule has 1 fully saturated rings. The molecule has 9 heteroatoms. The molecule has 3 atom stereocenters. The predicted octanol–water partition coefficient (Wildman–Crippen LogP) is -3.29. The van der Waals surface area contributed by atoms with Gasteiger partial charge in [0.1, 0.15) is 0 Å². The second-order valence-electron chi connectivity index (χ2n) is 3.32. The zero-order chi connectivity index (χ0) is 13.7. The number of aliphatic hydroxyl groups excluding tert-OH is 3. The number of carbonyl (C=O) groups excluding carboxylic acids is 3. The average molecular weight is 264 g/mol. The van der Waals surface area contributed by atoms with Gasteiger partial charge in [0.25, 0.3) is 0 Å². The standard InChI is InChI=1S/C9H12O9/c10-1-4-7(13)17-6(3-12)9(15)18-5(2-11)8(14)16-4/h4-6,10-12H,1-3H2/t4-,5-,6-/m0/s1. The van der Waals surface area contributed by atoms with Crippen molar-refractivity contribution >= 4 is 17.9 Å². The summed E-state index contributed by atoms with van der Waals surface area (Å²) in [5, 5.41) is 26.5.